The molecule has 0 radical (unpaired) electrons. The molecule has 0 heterocycles. The molecule has 0 aliphatic rings. The highest BCUT2D eigenvalue weighted by molar-refractivity contribution is 7.80. The van der Waals surface area contributed by atoms with Gasteiger partial charge in [-0.3, -0.25) is 14.9 Å². The second-order valence-electron chi connectivity index (χ2n) is 7.08. The fourth-order valence-electron chi connectivity index (χ4n) is 2.52. The lowest BCUT2D eigenvalue weighted by Crippen LogP contribution is -2.34. The predicted molar refractivity (Wildman–Crippen MR) is 119 cm³/mol. The molecule has 2 rings (SSSR count). The SMILES string of the molecule is CC(C)Oc1ccc(C(=O)NC(=S)Nc2ccc(CCC(=O)N(C)C)cc2)cc1. The van der Waals surface area contributed by atoms with Crippen LogP contribution in [0.5, 0.6) is 5.75 Å². The highest BCUT2D eigenvalue weighted by Crippen LogP contribution is 2.14. The van der Waals surface area contributed by atoms with Gasteiger partial charge in [-0.2, -0.15) is 0 Å². The largest absolute Gasteiger partial charge is 0.491 e. The van der Waals surface area contributed by atoms with Crippen LogP contribution < -0.4 is 15.4 Å². The molecule has 0 unspecified atom stereocenters. The lowest BCUT2D eigenvalue weighted by atomic mass is 10.1. The van der Waals surface area contributed by atoms with Gasteiger partial charge in [-0.15, -0.1) is 0 Å². The molecule has 7 heteroatoms. The fraction of sp³-hybridized carbons (Fsp3) is 0.318. The standard InChI is InChI=1S/C22H27N3O3S/c1-15(2)28-19-12-8-17(9-13-19)21(27)24-22(29)23-18-10-5-16(6-11-18)7-14-20(26)25(3)4/h5-6,8-13,15H,7,14H2,1-4H3,(H2,23,24,27,29). The van der Waals surface area contributed by atoms with Crippen molar-refractivity contribution in [1.29, 1.82) is 0 Å². The van der Waals surface area contributed by atoms with Gasteiger partial charge in [0, 0.05) is 31.8 Å². The third kappa shape index (κ3) is 7.54. The third-order valence-corrected chi connectivity index (χ3v) is 4.26. The first kappa shape index (κ1) is 22.4. The van der Waals surface area contributed by atoms with E-state index in [1.165, 1.54) is 0 Å². The van der Waals surface area contributed by atoms with Gasteiger partial charge in [-0.25, -0.2) is 0 Å². The highest BCUT2D eigenvalue weighted by atomic mass is 32.1. The van der Waals surface area contributed by atoms with E-state index in [1.807, 2.05) is 38.1 Å². The Hall–Kier alpha value is -2.93. The average Bonchev–Trinajstić information content (AvgIpc) is 2.67. The van der Waals surface area contributed by atoms with Crippen LogP contribution in [0.1, 0.15) is 36.2 Å². The van der Waals surface area contributed by atoms with Crippen molar-refractivity contribution in [2.24, 2.45) is 0 Å². The first-order chi connectivity index (χ1) is 13.7. The van der Waals surface area contributed by atoms with E-state index in [1.54, 1.807) is 43.3 Å². The van der Waals surface area contributed by atoms with Crippen molar-refractivity contribution in [2.45, 2.75) is 32.8 Å². The van der Waals surface area contributed by atoms with Gasteiger partial charge < -0.3 is 15.0 Å². The van der Waals surface area contributed by atoms with Crippen molar-refractivity contribution >= 4 is 34.8 Å². The van der Waals surface area contributed by atoms with Gasteiger partial charge >= 0.3 is 0 Å². The smallest absolute Gasteiger partial charge is 0.257 e. The van der Waals surface area contributed by atoms with E-state index in [0.29, 0.717) is 24.2 Å². The Balaban J connectivity index is 1.85. The molecule has 0 atom stereocenters. The van der Waals surface area contributed by atoms with E-state index >= 15 is 0 Å². The molecule has 2 N–H and O–H groups in total. The number of benzene rings is 2. The Kier molecular flexibility index (Phi) is 8.15. The van der Waals surface area contributed by atoms with Gasteiger partial charge in [0.05, 0.1) is 6.10 Å². The quantitative estimate of drug-likeness (QED) is 0.679. The summed E-state index contributed by atoms with van der Waals surface area (Å²) in [6.07, 6.45) is 1.22. The molecule has 2 aromatic carbocycles. The molecule has 2 aromatic rings. The lowest BCUT2D eigenvalue weighted by Gasteiger charge is -2.12. The number of aryl methyl sites for hydroxylation is 1. The van der Waals surface area contributed by atoms with Gasteiger partial charge in [0.1, 0.15) is 5.75 Å². The van der Waals surface area contributed by atoms with Crippen molar-refractivity contribution < 1.29 is 14.3 Å². The van der Waals surface area contributed by atoms with Gasteiger partial charge in [-0.1, -0.05) is 12.1 Å². The maximum Gasteiger partial charge on any atom is 0.257 e. The van der Waals surface area contributed by atoms with Crippen LogP contribution in [-0.2, 0) is 11.2 Å². The van der Waals surface area contributed by atoms with Crippen molar-refractivity contribution in [3.05, 3.63) is 59.7 Å². The summed E-state index contributed by atoms with van der Waals surface area (Å²) in [5.74, 6) is 0.516. The lowest BCUT2D eigenvalue weighted by molar-refractivity contribution is -0.128. The number of ether oxygens (including phenoxy) is 1. The highest BCUT2D eigenvalue weighted by Gasteiger charge is 2.09. The summed E-state index contributed by atoms with van der Waals surface area (Å²) >= 11 is 5.22. The molecule has 6 nitrogen and oxygen atoms in total. The molecular formula is C22H27N3O3S. The van der Waals surface area contributed by atoms with Crippen LogP contribution in [-0.4, -0.2) is 42.0 Å². The van der Waals surface area contributed by atoms with E-state index in [0.717, 1.165) is 11.3 Å². The van der Waals surface area contributed by atoms with Gasteiger partial charge in [0.2, 0.25) is 5.91 Å². The minimum absolute atomic E-state index is 0.0753. The van der Waals surface area contributed by atoms with Crippen LogP contribution >= 0.6 is 12.2 Å². The summed E-state index contributed by atoms with van der Waals surface area (Å²) in [5, 5.41) is 5.87. The molecular weight excluding hydrogens is 386 g/mol. The number of thiocarbonyl (C=S) groups is 1. The number of nitrogens with one attached hydrogen (secondary N) is 2. The van der Waals surface area contributed by atoms with E-state index in [4.69, 9.17) is 17.0 Å². The van der Waals surface area contributed by atoms with Gasteiger partial charge in [0.15, 0.2) is 5.11 Å². The van der Waals surface area contributed by atoms with Crippen LogP contribution in [0.15, 0.2) is 48.5 Å². The van der Waals surface area contributed by atoms with Crippen molar-refractivity contribution in [2.75, 3.05) is 19.4 Å². The molecule has 2 amide bonds. The number of nitrogens with zero attached hydrogens (tertiary/aromatic N) is 1. The summed E-state index contributed by atoms with van der Waals surface area (Å²) < 4.78 is 5.57. The molecule has 0 aliphatic heterocycles. The number of anilines is 1. The molecule has 0 aliphatic carbocycles. The fourth-order valence-corrected chi connectivity index (χ4v) is 2.73. The van der Waals surface area contributed by atoms with Gasteiger partial charge in [-0.05, 0) is 74.4 Å². The molecule has 0 saturated carbocycles. The van der Waals surface area contributed by atoms with Crippen molar-refractivity contribution in [3.8, 4) is 5.75 Å². The van der Waals surface area contributed by atoms with Crippen LogP contribution in [0.2, 0.25) is 0 Å². The zero-order valence-corrected chi connectivity index (χ0v) is 18.0. The summed E-state index contributed by atoms with van der Waals surface area (Å²) in [6, 6.07) is 14.5. The Labute approximate surface area is 177 Å². The second-order valence-corrected chi connectivity index (χ2v) is 7.49. The monoisotopic (exact) mass is 413 g/mol. The van der Waals surface area contributed by atoms with E-state index in [2.05, 4.69) is 10.6 Å². The first-order valence-corrected chi connectivity index (χ1v) is 9.83. The van der Waals surface area contributed by atoms with Crippen LogP contribution in [0, 0.1) is 0 Å². The molecule has 0 saturated heterocycles. The van der Waals surface area contributed by atoms with Crippen LogP contribution in [0.25, 0.3) is 0 Å². The predicted octanol–water partition coefficient (Wildman–Crippen LogP) is 3.62. The Bertz CT molecular complexity index is 847. The Morgan fingerprint density at radius 2 is 1.66 bits per heavy atom. The Morgan fingerprint density at radius 1 is 1.03 bits per heavy atom. The molecule has 0 spiro atoms. The number of carbonyl (C=O) groups excluding carboxylic acids is 2. The maximum atomic E-state index is 12.3. The number of rotatable bonds is 7. The zero-order valence-electron chi connectivity index (χ0n) is 17.2. The van der Waals surface area contributed by atoms with Crippen LogP contribution in [0.4, 0.5) is 5.69 Å². The van der Waals surface area contributed by atoms with Crippen molar-refractivity contribution in [3.63, 3.8) is 0 Å². The molecule has 154 valence electrons. The number of hydrogen-bond donors (Lipinski definition) is 2. The van der Waals surface area contributed by atoms with E-state index in [-0.39, 0.29) is 23.0 Å². The molecule has 0 fully saturated rings. The second kappa shape index (κ2) is 10.6. The number of carbonyl (C=O) groups is 2. The normalized spacial score (nSPS) is 10.4. The van der Waals surface area contributed by atoms with E-state index < -0.39 is 0 Å². The zero-order chi connectivity index (χ0) is 21.4. The van der Waals surface area contributed by atoms with E-state index in [9.17, 15) is 9.59 Å². The number of hydrogen-bond acceptors (Lipinski definition) is 4. The van der Waals surface area contributed by atoms with Crippen molar-refractivity contribution in [1.82, 2.24) is 10.2 Å². The minimum Gasteiger partial charge on any atom is -0.491 e. The maximum absolute atomic E-state index is 12.3. The average molecular weight is 414 g/mol. The number of amides is 2. The first-order valence-electron chi connectivity index (χ1n) is 9.42. The summed E-state index contributed by atoms with van der Waals surface area (Å²) in [6.45, 7) is 3.89. The summed E-state index contributed by atoms with van der Waals surface area (Å²) in [7, 11) is 3.50. The van der Waals surface area contributed by atoms with Crippen LogP contribution in [0.3, 0.4) is 0 Å². The van der Waals surface area contributed by atoms with Gasteiger partial charge in [0.25, 0.3) is 5.91 Å². The Morgan fingerprint density at radius 3 is 2.21 bits per heavy atom. The summed E-state index contributed by atoms with van der Waals surface area (Å²) in [5.41, 5.74) is 2.31. The molecule has 0 bridgehead atoms. The minimum atomic E-state index is -0.294. The third-order valence-electron chi connectivity index (χ3n) is 4.05. The summed E-state index contributed by atoms with van der Waals surface area (Å²) in [4.78, 5) is 25.6. The molecule has 29 heavy (non-hydrogen) atoms. The molecule has 0 aromatic heterocycles. The topological polar surface area (TPSA) is 70.7 Å².